The Morgan fingerprint density at radius 1 is 1.30 bits per heavy atom. The van der Waals surface area contributed by atoms with Gasteiger partial charge in [-0.15, -0.1) is 0 Å². The molecule has 0 aliphatic carbocycles. The number of carboxylic acids is 1. The minimum absolute atomic E-state index is 0.479. The topological polar surface area (TPSA) is 74.6 Å². The lowest BCUT2D eigenvalue weighted by molar-refractivity contribution is -0.139. The third-order valence-electron chi connectivity index (χ3n) is 3.41. The molecule has 1 aromatic heterocycles. The highest BCUT2D eigenvalue weighted by Gasteiger charge is 2.16. The molecule has 1 heterocycles. The molecule has 118 valence electrons. The van der Waals surface area contributed by atoms with Crippen LogP contribution in [0.1, 0.15) is 17.5 Å². The van der Waals surface area contributed by atoms with Crippen LogP contribution in [0.15, 0.2) is 53.8 Å². The summed E-state index contributed by atoms with van der Waals surface area (Å²) in [6, 6.07) is 10.7. The number of thiocarbonyl (C=S) groups is 1. The van der Waals surface area contributed by atoms with Gasteiger partial charge in [-0.25, -0.2) is 0 Å². The molecule has 0 radical (unpaired) electrons. The van der Waals surface area contributed by atoms with Gasteiger partial charge in [0.15, 0.2) is 0 Å². The van der Waals surface area contributed by atoms with Crippen LogP contribution in [0, 0.1) is 0 Å². The lowest BCUT2D eigenvalue weighted by Crippen LogP contribution is -2.36. The molecule has 0 saturated heterocycles. The van der Waals surface area contributed by atoms with E-state index in [0.717, 1.165) is 16.8 Å². The van der Waals surface area contributed by atoms with Crippen LogP contribution in [-0.2, 0) is 17.8 Å². The van der Waals surface area contributed by atoms with Crippen LogP contribution in [0.3, 0.4) is 0 Å². The maximum atomic E-state index is 11.4. The van der Waals surface area contributed by atoms with E-state index in [-0.39, 0.29) is 0 Å². The number of rotatable bonds is 8. The van der Waals surface area contributed by atoms with Crippen molar-refractivity contribution >= 4 is 29.0 Å². The number of aliphatic imine (C=N–C) groups is 1. The second kappa shape index (κ2) is 8.90. The fourth-order valence-corrected chi connectivity index (χ4v) is 2.26. The molecule has 2 N–H and O–H groups in total. The first-order chi connectivity index (χ1) is 11.2. The predicted molar refractivity (Wildman–Crippen MR) is 91.9 cm³/mol. The van der Waals surface area contributed by atoms with E-state index in [9.17, 15) is 9.90 Å². The van der Waals surface area contributed by atoms with Crippen molar-refractivity contribution in [3.8, 4) is 0 Å². The van der Waals surface area contributed by atoms with Crippen molar-refractivity contribution in [2.45, 2.75) is 25.4 Å². The summed E-state index contributed by atoms with van der Waals surface area (Å²) in [6.45, 7) is 0.479. The Morgan fingerprint density at radius 3 is 2.70 bits per heavy atom. The number of aryl methyl sites for hydroxylation is 1. The first-order valence-electron chi connectivity index (χ1n) is 7.21. The van der Waals surface area contributed by atoms with Crippen LogP contribution < -0.4 is 5.32 Å². The van der Waals surface area contributed by atoms with Crippen molar-refractivity contribution in [2.24, 2.45) is 4.99 Å². The Kier molecular flexibility index (Phi) is 6.56. The monoisotopic (exact) mass is 327 g/mol. The number of nitrogens with zero attached hydrogens (tertiary/aromatic N) is 2. The molecule has 2 aromatic rings. The van der Waals surface area contributed by atoms with E-state index in [0.29, 0.717) is 19.4 Å². The second-order valence-corrected chi connectivity index (χ2v) is 5.22. The van der Waals surface area contributed by atoms with E-state index >= 15 is 0 Å². The molecule has 0 fully saturated rings. The van der Waals surface area contributed by atoms with Gasteiger partial charge in [0.2, 0.25) is 0 Å². The van der Waals surface area contributed by atoms with Gasteiger partial charge in [-0.2, -0.15) is 4.99 Å². The van der Waals surface area contributed by atoms with Crippen molar-refractivity contribution < 1.29 is 9.90 Å². The number of carbonyl (C=O) groups is 1. The molecule has 0 spiro atoms. The number of pyridine rings is 1. The van der Waals surface area contributed by atoms with Crippen LogP contribution in [-0.4, -0.2) is 27.3 Å². The molecule has 0 bridgehead atoms. The molecule has 23 heavy (non-hydrogen) atoms. The molecule has 6 heteroatoms. The second-order valence-electron chi connectivity index (χ2n) is 5.04. The van der Waals surface area contributed by atoms with E-state index in [2.05, 4.69) is 32.7 Å². The smallest absolute Gasteiger partial charge is 0.320 e. The molecule has 0 saturated carbocycles. The van der Waals surface area contributed by atoms with E-state index < -0.39 is 12.0 Å². The summed E-state index contributed by atoms with van der Waals surface area (Å²) in [4.78, 5) is 19.3. The SMILES string of the molecule is O=C(O)C(CCc1ccc(N=C=S)cc1)NCc1cccnc1. The van der Waals surface area contributed by atoms with Gasteiger partial charge >= 0.3 is 5.97 Å². The zero-order chi connectivity index (χ0) is 16.5. The van der Waals surface area contributed by atoms with Crippen LogP contribution in [0.5, 0.6) is 0 Å². The zero-order valence-electron chi connectivity index (χ0n) is 12.5. The first-order valence-corrected chi connectivity index (χ1v) is 7.62. The van der Waals surface area contributed by atoms with Crippen LogP contribution in [0.2, 0.25) is 0 Å². The number of benzene rings is 1. The Balaban J connectivity index is 1.89. The largest absolute Gasteiger partial charge is 0.480 e. The van der Waals surface area contributed by atoms with E-state index in [1.165, 1.54) is 0 Å². The Hall–Kier alpha value is -2.40. The molecule has 1 unspecified atom stereocenters. The molecular formula is C17H17N3O2S. The zero-order valence-corrected chi connectivity index (χ0v) is 13.3. The lowest BCUT2D eigenvalue weighted by Gasteiger charge is -2.14. The molecule has 5 nitrogen and oxygen atoms in total. The fraction of sp³-hybridized carbons (Fsp3) is 0.235. The molecule has 1 aromatic carbocycles. The fourth-order valence-electron chi connectivity index (χ4n) is 2.16. The highest BCUT2D eigenvalue weighted by atomic mass is 32.1. The quantitative estimate of drug-likeness (QED) is 0.576. The average molecular weight is 327 g/mol. The molecular weight excluding hydrogens is 310 g/mol. The number of carboxylic acid groups (broad SMARTS) is 1. The van der Waals surface area contributed by atoms with Gasteiger partial charge in [-0.05, 0) is 54.4 Å². The summed E-state index contributed by atoms with van der Waals surface area (Å²) in [6.07, 6.45) is 4.58. The Morgan fingerprint density at radius 2 is 2.09 bits per heavy atom. The van der Waals surface area contributed by atoms with Crippen molar-refractivity contribution in [1.82, 2.24) is 10.3 Å². The minimum atomic E-state index is -0.851. The van der Waals surface area contributed by atoms with Crippen LogP contribution >= 0.6 is 12.2 Å². The van der Waals surface area contributed by atoms with Crippen molar-refractivity contribution in [2.75, 3.05) is 0 Å². The van der Waals surface area contributed by atoms with Crippen LogP contribution in [0.25, 0.3) is 0 Å². The van der Waals surface area contributed by atoms with Gasteiger partial charge in [-0.1, -0.05) is 18.2 Å². The van der Waals surface area contributed by atoms with Gasteiger partial charge in [0.1, 0.15) is 6.04 Å². The van der Waals surface area contributed by atoms with E-state index in [1.807, 2.05) is 36.4 Å². The predicted octanol–water partition coefficient (Wildman–Crippen LogP) is 2.99. The summed E-state index contributed by atoms with van der Waals surface area (Å²) < 4.78 is 0. The maximum Gasteiger partial charge on any atom is 0.320 e. The highest BCUT2D eigenvalue weighted by molar-refractivity contribution is 7.78. The maximum absolute atomic E-state index is 11.4. The summed E-state index contributed by atoms with van der Waals surface area (Å²) in [7, 11) is 0. The lowest BCUT2D eigenvalue weighted by atomic mass is 10.0. The Bertz CT molecular complexity index is 683. The number of nitrogens with one attached hydrogen (secondary N) is 1. The number of aliphatic carboxylic acids is 1. The van der Waals surface area contributed by atoms with Gasteiger partial charge in [0.25, 0.3) is 0 Å². The number of hydrogen-bond acceptors (Lipinski definition) is 5. The highest BCUT2D eigenvalue weighted by Crippen LogP contribution is 2.14. The molecule has 0 aliphatic rings. The summed E-state index contributed by atoms with van der Waals surface area (Å²) in [5.74, 6) is -0.851. The van der Waals surface area contributed by atoms with E-state index in [4.69, 9.17) is 0 Å². The Labute approximate surface area is 140 Å². The average Bonchev–Trinajstić information content (AvgIpc) is 2.57. The third kappa shape index (κ3) is 5.71. The summed E-state index contributed by atoms with van der Waals surface area (Å²) >= 11 is 4.56. The van der Waals surface area contributed by atoms with Gasteiger partial charge < -0.3 is 10.4 Å². The van der Waals surface area contributed by atoms with Crippen LogP contribution in [0.4, 0.5) is 5.69 Å². The van der Waals surface area contributed by atoms with Gasteiger partial charge in [0, 0.05) is 18.9 Å². The normalized spacial score (nSPS) is 11.5. The van der Waals surface area contributed by atoms with Crippen molar-refractivity contribution in [1.29, 1.82) is 0 Å². The van der Waals surface area contributed by atoms with Crippen molar-refractivity contribution in [3.63, 3.8) is 0 Å². The van der Waals surface area contributed by atoms with Gasteiger partial charge in [-0.3, -0.25) is 9.78 Å². The molecule has 2 rings (SSSR count). The van der Waals surface area contributed by atoms with Gasteiger partial charge in [0.05, 0.1) is 10.8 Å². The standard InChI is InChI=1S/C17H17N3O2S/c21-17(22)16(19-11-14-2-1-9-18-10-14)8-5-13-3-6-15(7-4-13)20-12-23/h1-4,6-7,9-10,16,19H,5,8,11H2,(H,21,22). The summed E-state index contributed by atoms with van der Waals surface area (Å²) in [5.41, 5.74) is 2.76. The number of hydrogen-bond donors (Lipinski definition) is 2. The first kappa shape index (κ1) is 17.0. The number of aromatic nitrogens is 1. The molecule has 0 amide bonds. The van der Waals surface area contributed by atoms with Crippen molar-refractivity contribution in [3.05, 3.63) is 59.9 Å². The number of isothiocyanates is 1. The molecule has 0 aliphatic heterocycles. The minimum Gasteiger partial charge on any atom is -0.480 e. The summed E-state index contributed by atoms with van der Waals surface area (Å²) in [5, 5.41) is 14.7. The van der Waals surface area contributed by atoms with E-state index in [1.54, 1.807) is 12.4 Å². The third-order valence-corrected chi connectivity index (χ3v) is 3.50. The molecule has 1 atom stereocenters.